The molecule has 0 amide bonds. The maximum atomic E-state index is 10.9. The third kappa shape index (κ3) is 2.73. The number of nitro benzene ring substituents is 1. The molecule has 6 nitrogen and oxygen atoms in total. The van der Waals surface area contributed by atoms with E-state index in [1.807, 2.05) is 18.3 Å². The molecule has 0 aliphatic heterocycles. The highest BCUT2D eigenvalue weighted by Gasteiger charge is 2.12. The Bertz CT molecular complexity index is 816. The van der Waals surface area contributed by atoms with E-state index in [4.69, 9.17) is 0 Å². The first-order chi connectivity index (χ1) is 10.1. The molecule has 0 radical (unpaired) electrons. The van der Waals surface area contributed by atoms with E-state index in [1.54, 1.807) is 18.3 Å². The van der Waals surface area contributed by atoms with Crippen molar-refractivity contribution in [2.45, 2.75) is 6.54 Å². The van der Waals surface area contributed by atoms with Crippen LogP contribution >= 0.6 is 15.9 Å². The highest BCUT2D eigenvalue weighted by molar-refractivity contribution is 9.10. The van der Waals surface area contributed by atoms with E-state index in [1.165, 1.54) is 6.07 Å². The largest absolute Gasteiger partial charge is 0.381 e. The number of aromatic nitrogens is 2. The molecule has 1 aromatic carbocycles. The van der Waals surface area contributed by atoms with E-state index in [2.05, 4.69) is 31.2 Å². The molecule has 0 fully saturated rings. The maximum absolute atomic E-state index is 10.9. The molecule has 0 saturated heterocycles. The van der Waals surface area contributed by atoms with Crippen LogP contribution in [0.5, 0.6) is 0 Å². The molecule has 0 spiro atoms. The number of nitrogens with one attached hydrogen (secondary N) is 2. The van der Waals surface area contributed by atoms with Gasteiger partial charge in [0.05, 0.1) is 9.40 Å². The topological polar surface area (TPSA) is 83.9 Å². The number of nitro groups is 1. The number of nitrogens with zero attached hydrogens (tertiary/aromatic N) is 2. The molecule has 0 unspecified atom stereocenters. The van der Waals surface area contributed by atoms with Crippen LogP contribution in [0.25, 0.3) is 11.0 Å². The predicted molar refractivity (Wildman–Crippen MR) is 84.2 cm³/mol. The highest BCUT2D eigenvalue weighted by atomic mass is 79.9. The summed E-state index contributed by atoms with van der Waals surface area (Å²) in [4.78, 5) is 17.8. The van der Waals surface area contributed by atoms with Crippen LogP contribution in [0.2, 0.25) is 0 Å². The molecule has 0 atom stereocenters. The first-order valence-electron chi connectivity index (χ1n) is 6.24. The lowest BCUT2D eigenvalue weighted by Crippen LogP contribution is -1.99. The number of halogens is 1. The average Bonchev–Trinajstić information content (AvgIpc) is 2.89. The summed E-state index contributed by atoms with van der Waals surface area (Å²) in [5.74, 6) is 0. The van der Waals surface area contributed by atoms with Gasteiger partial charge in [-0.2, -0.15) is 0 Å². The normalized spacial score (nSPS) is 10.7. The Morgan fingerprint density at radius 1 is 1.38 bits per heavy atom. The number of aromatic amines is 1. The summed E-state index contributed by atoms with van der Waals surface area (Å²) in [6.07, 6.45) is 3.62. The SMILES string of the molecule is O=[N+]([O-])c1cc(NCc2c[nH]c3ncccc23)ccc1Br. The molecule has 0 aliphatic rings. The van der Waals surface area contributed by atoms with Gasteiger partial charge in [0.2, 0.25) is 0 Å². The summed E-state index contributed by atoms with van der Waals surface area (Å²) in [5.41, 5.74) is 2.63. The molecule has 0 aliphatic carbocycles. The lowest BCUT2D eigenvalue weighted by Gasteiger charge is -2.06. The summed E-state index contributed by atoms with van der Waals surface area (Å²) >= 11 is 3.17. The van der Waals surface area contributed by atoms with Gasteiger partial charge in [-0.1, -0.05) is 0 Å². The van der Waals surface area contributed by atoms with Gasteiger partial charge in [0, 0.05) is 36.1 Å². The lowest BCUT2D eigenvalue weighted by atomic mass is 10.2. The van der Waals surface area contributed by atoms with Crippen LogP contribution in [-0.2, 0) is 6.54 Å². The standard InChI is InChI=1S/C14H11BrN4O2/c15-12-4-3-10(6-13(12)19(20)21)17-7-9-8-18-14-11(9)2-1-5-16-14/h1-6,8,17H,7H2,(H,16,18). The van der Waals surface area contributed by atoms with Gasteiger partial charge in [0.15, 0.2) is 0 Å². The van der Waals surface area contributed by atoms with Crippen molar-refractivity contribution in [1.82, 2.24) is 9.97 Å². The second kappa shape index (κ2) is 5.53. The molecule has 106 valence electrons. The van der Waals surface area contributed by atoms with Gasteiger partial charge in [-0.05, 0) is 45.8 Å². The van der Waals surface area contributed by atoms with Crippen molar-refractivity contribution < 1.29 is 4.92 Å². The van der Waals surface area contributed by atoms with Crippen LogP contribution in [0.3, 0.4) is 0 Å². The number of fused-ring (bicyclic) bond motifs is 1. The summed E-state index contributed by atoms with van der Waals surface area (Å²) in [6.45, 7) is 0.560. The number of pyridine rings is 1. The van der Waals surface area contributed by atoms with Crippen LogP contribution in [0.4, 0.5) is 11.4 Å². The number of benzene rings is 1. The summed E-state index contributed by atoms with van der Waals surface area (Å²) < 4.78 is 0.467. The summed E-state index contributed by atoms with van der Waals surface area (Å²) in [7, 11) is 0. The third-order valence-electron chi connectivity index (χ3n) is 3.16. The van der Waals surface area contributed by atoms with Gasteiger partial charge in [0.25, 0.3) is 5.69 Å². The lowest BCUT2D eigenvalue weighted by molar-refractivity contribution is -0.385. The molecular formula is C14H11BrN4O2. The molecule has 2 heterocycles. The second-order valence-electron chi connectivity index (χ2n) is 4.49. The molecule has 3 aromatic rings. The molecule has 21 heavy (non-hydrogen) atoms. The number of anilines is 1. The predicted octanol–water partition coefficient (Wildman–Crippen LogP) is 3.85. The summed E-state index contributed by atoms with van der Waals surface area (Å²) in [6, 6.07) is 8.84. The maximum Gasteiger partial charge on any atom is 0.285 e. The van der Waals surface area contributed by atoms with E-state index < -0.39 is 4.92 Å². The van der Waals surface area contributed by atoms with Crippen molar-refractivity contribution in [2.24, 2.45) is 0 Å². The number of hydrogen-bond donors (Lipinski definition) is 2. The Morgan fingerprint density at radius 3 is 3.05 bits per heavy atom. The van der Waals surface area contributed by atoms with Gasteiger partial charge >= 0.3 is 0 Å². The van der Waals surface area contributed by atoms with Crippen LogP contribution in [0.1, 0.15) is 5.56 Å². The molecule has 3 rings (SSSR count). The van der Waals surface area contributed by atoms with Gasteiger partial charge < -0.3 is 10.3 Å². The van der Waals surface area contributed by atoms with E-state index in [-0.39, 0.29) is 5.69 Å². The van der Waals surface area contributed by atoms with E-state index in [0.29, 0.717) is 16.7 Å². The Labute approximate surface area is 128 Å². The van der Waals surface area contributed by atoms with Crippen molar-refractivity contribution in [3.8, 4) is 0 Å². The van der Waals surface area contributed by atoms with Crippen molar-refractivity contribution in [3.05, 3.63) is 62.9 Å². The van der Waals surface area contributed by atoms with Crippen LogP contribution in [0, 0.1) is 10.1 Å². The molecule has 2 N–H and O–H groups in total. The first kappa shape index (κ1) is 13.6. The smallest absolute Gasteiger partial charge is 0.285 e. The second-order valence-corrected chi connectivity index (χ2v) is 5.34. The Kier molecular flexibility index (Phi) is 3.57. The Balaban J connectivity index is 1.82. The fraction of sp³-hybridized carbons (Fsp3) is 0.0714. The first-order valence-corrected chi connectivity index (χ1v) is 7.03. The minimum Gasteiger partial charge on any atom is -0.381 e. The van der Waals surface area contributed by atoms with E-state index in [0.717, 1.165) is 16.6 Å². The van der Waals surface area contributed by atoms with Crippen molar-refractivity contribution in [1.29, 1.82) is 0 Å². The van der Waals surface area contributed by atoms with Crippen molar-refractivity contribution in [2.75, 3.05) is 5.32 Å². The fourth-order valence-electron chi connectivity index (χ4n) is 2.12. The molecule has 0 saturated carbocycles. The number of H-pyrrole nitrogens is 1. The van der Waals surface area contributed by atoms with Crippen molar-refractivity contribution in [3.63, 3.8) is 0 Å². The van der Waals surface area contributed by atoms with Crippen LogP contribution in [0.15, 0.2) is 47.2 Å². The summed E-state index contributed by atoms with van der Waals surface area (Å²) in [5, 5.41) is 15.1. The minimum absolute atomic E-state index is 0.0422. The zero-order valence-electron chi connectivity index (χ0n) is 10.8. The zero-order valence-corrected chi connectivity index (χ0v) is 12.4. The monoisotopic (exact) mass is 346 g/mol. The fourth-order valence-corrected chi connectivity index (χ4v) is 2.51. The van der Waals surface area contributed by atoms with E-state index in [9.17, 15) is 10.1 Å². The highest BCUT2D eigenvalue weighted by Crippen LogP contribution is 2.28. The number of rotatable bonds is 4. The molecular weight excluding hydrogens is 336 g/mol. The van der Waals surface area contributed by atoms with Crippen LogP contribution < -0.4 is 5.32 Å². The van der Waals surface area contributed by atoms with Gasteiger partial charge in [-0.15, -0.1) is 0 Å². The molecule has 7 heteroatoms. The zero-order chi connectivity index (χ0) is 14.8. The van der Waals surface area contributed by atoms with Crippen LogP contribution in [-0.4, -0.2) is 14.9 Å². The Hall–Kier alpha value is -2.41. The Morgan fingerprint density at radius 2 is 2.24 bits per heavy atom. The van der Waals surface area contributed by atoms with Gasteiger partial charge in [0.1, 0.15) is 5.65 Å². The average molecular weight is 347 g/mol. The quantitative estimate of drug-likeness (QED) is 0.555. The van der Waals surface area contributed by atoms with Gasteiger partial charge in [-0.3, -0.25) is 10.1 Å². The molecule has 2 aromatic heterocycles. The molecule has 0 bridgehead atoms. The third-order valence-corrected chi connectivity index (χ3v) is 3.83. The van der Waals surface area contributed by atoms with E-state index >= 15 is 0 Å². The van der Waals surface area contributed by atoms with Gasteiger partial charge in [-0.25, -0.2) is 4.98 Å². The van der Waals surface area contributed by atoms with Crippen molar-refractivity contribution >= 4 is 38.3 Å². The minimum atomic E-state index is -0.412. The number of hydrogen-bond acceptors (Lipinski definition) is 4.